The van der Waals surface area contributed by atoms with Gasteiger partial charge < -0.3 is 5.11 Å². The van der Waals surface area contributed by atoms with Crippen molar-refractivity contribution in [2.75, 3.05) is 6.67 Å². The van der Waals surface area contributed by atoms with Crippen LogP contribution in [-0.4, -0.2) is 11.8 Å². The SMILES string of the molecule is OC(CF)c1c(Cl)cccc1C(F)(F)F. The first kappa shape index (κ1) is 12.3. The van der Waals surface area contributed by atoms with Gasteiger partial charge in [-0.25, -0.2) is 4.39 Å². The zero-order chi connectivity index (χ0) is 11.6. The van der Waals surface area contributed by atoms with Gasteiger partial charge in [0.1, 0.15) is 12.8 Å². The van der Waals surface area contributed by atoms with Crippen molar-refractivity contribution in [1.29, 1.82) is 0 Å². The summed E-state index contributed by atoms with van der Waals surface area (Å²) in [6, 6.07) is 3.02. The number of aliphatic hydroxyl groups excluding tert-OH is 1. The fourth-order valence-electron chi connectivity index (χ4n) is 1.20. The summed E-state index contributed by atoms with van der Waals surface area (Å²) >= 11 is 5.48. The number of hydrogen-bond donors (Lipinski definition) is 1. The summed E-state index contributed by atoms with van der Waals surface area (Å²) in [5.74, 6) is 0. The fourth-order valence-corrected chi connectivity index (χ4v) is 1.50. The zero-order valence-electron chi connectivity index (χ0n) is 7.35. The van der Waals surface area contributed by atoms with Crippen LogP contribution < -0.4 is 0 Å². The summed E-state index contributed by atoms with van der Waals surface area (Å²) in [7, 11) is 0. The molecule has 1 rings (SSSR count). The summed E-state index contributed by atoms with van der Waals surface area (Å²) in [6.45, 7) is -1.31. The molecule has 1 aromatic carbocycles. The second kappa shape index (κ2) is 4.37. The molecule has 0 aliphatic carbocycles. The zero-order valence-corrected chi connectivity index (χ0v) is 8.11. The lowest BCUT2D eigenvalue weighted by Gasteiger charge is -2.16. The summed E-state index contributed by atoms with van der Waals surface area (Å²) in [5.41, 5.74) is -1.73. The van der Waals surface area contributed by atoms with E-state index in [9.17, 15) is 17.6 Å². The lowest BCUT2D eigenvalue weighted by atomic mass is 10.0. The number of benzene rings is 1. The van der Waals surface area contributed by atoms with Gasteiger partial charge in [0.2, 0.25) is 0 Å². The molecule has 0 aliphatic rings. The Hall–Kier alpha value is -0.810. The van der Waals surface area contributed by atoms with Crippen LogP contribution in [0.1, 0.15) is 17.2 Å². The Labute approximate surface area is 88.3 Å². The van der Waals surface area contributed by atoms with Crippen LogP contribution >= 0.6 is 11.6 Å². The minimum atomic E-state index is -4.66. The van der Waals surface area contributed by atoms with E-state index < -0.39 is 30.1 Å². The van der Waals surface area contributed by atoms with E-state index in [1.165, 1.54) is 6.07 Å². The van der Waals surface area contributed by atoms with Crippen molar-refractivity contribution in [2.45, 2.75) is 12.3 Å². The highest BCUT2D eigenvalue weighted by Gasteiger charge is 2.35. The molecule has 0 bridgehead atoms. The van der Waals surface area contributed by atoms with Crippen LogP contribution in [0.25, 0.3) is 0 Å². The number of rotatable bonds is 2. The average molecular weight is 243 g/mol. The smallest absolute Gasteiger partial charge is 0.386 e. The molecule has 0 aromatic heterocycles. The molecular weight excluding hydrogens is 236 g/mol. The van der Waals surface area contributed by atoms with Gasteiger partial charge >= 0.3 is 6.18 Å². The third kappa shape index (κ3) is 2.60. The maximum absolute atomic E-state index is 12.4. The van der Waals surface area contributed by atoms with Crippen LogP contribution in [0, 0.1) is 0 Å². The van der Waals surface area contributed by atoms with E-state index in [1.807, 2.05) is 0 Å². The summed E-state index contributed by atoms with van der Waals surface area (Å²) in [5, 5.41) is 8.80. The summed E-state index contributed by atoms with van der Waals surface area (Å²) in [6.07, 6.45) is -6.51. The van der Waals surface area contributed by atoms with Gasteiger partial charge in [0.15, 0.2) is 0 Å². The van der Waals surface area contributed by atoms with Crippen LogP contribution in [0.5, 0.6) is 0 Å². The third-order valence-corrected chi connectivity index (χ3v) is 2.17. The van der Waals surface area contributed by atoms with Crippen molar-refractivity contribution in [3.05, 3.63) is 34.3 Å². The van der Waals surface area contributed by atoms with Crippen LogP contribution in [0.2, 0.25) is 5.02 Å². The maximum Gasteiger partial charge on any atom is 0.416 e. The van der Waals surface area contributed by atoms with Gasteiger partial charge in [0.05, 0.1) is 5.56 Å². The van der Waals surface area contributed by atoms with Crippen molar-refractivity contribution in [3.8, 4) is 0 Å². The molecule has 0 spiro atoms. The standard InChI is InChI=1S/C9H7ClF4O/c10-6-3-1-2-5(9(12,13)14)8(6)7(15)4-11/h1-3,7,15H,4H2. The summed E-state index contributed by atoms with van der Waals surface area (Å²) in [4.78, 5) is 0. The molecule has 0 aliphatic heterocycles. The summed E-state index contributed by atoms with van der Waals surface area (Å²) < 4.78 is 49.4. The Morgan fingerprint density at radius 2 is 1.93 bits per heavy atom. The predicted molar refractivity (Wildman–Crippen MR) is 47.4 cm³/mol. The third-order valence-electron chi connectivity index (χ3n) is 1.84. The maximum atomic E-state index is 12.4. The van der Waals surface area contributed by atoms with Gasteiger partial charge in [-0.3, -0.25) is 0 Å². The Balaban J connectivity index is 3.33. The molecule has 84 valence electrons. The normalized spacial score (nSPS) is 14.0. The molecular formula is C9H7ClF4O. The molecule has 0 heterocycles. The van der Waals surface area contributed by atoms with Crippen LogP contribution in [0.15, 0.2) is 18.2 Å². The lowest BCUT2D eigenvalue weighted by Crippen LogP contribution is -2.13. The molecule has 0 fully saturated rings. The first-order valence-corrected chi connectivity index (χ1v) is 4.35. The molecule has 1 unspecified atom stereocenters. The Bertz CT molecular complexity index is 350. The average Bonchev–Trinajstić information content (AvgIpc) is 2.15. The Morgan fingerprint density at radius 3 is 2.40 bits per heavy atom. The molecule has 0 radical (unpaired) electrons. The van der Waals surface area contributed by atoms with E-state index in [1.54, 1.807) is 0 Å². The fraction of sp³-hybridized carbons (Fsp3) is 0.333. The highest BCUT2D eigenvalue weighted by molar-refractivity contribution is 6.31. The van der Waals surface area contributed by atoms with Crippen LogP contribution in [0.4, 0.5) is 17.6 Å². The molecule has 1 nitrogen and oxygen atoms in total. The van der Waals surface area contributed by atoms with E-state index >= 15 is 0 Å². The highest BCUT2D eigenvalue weighted by atomic mass is 35.5. The second-order valence-corrected chi connectivity index (χ2v) is 3.28. The van der Waals surface area contributed by atoms with Crippen molar-refractivity contribution in [1.82, 2.24) is 0 Å². The van der Waals surface area contributed by atoms with E-state index in [0.717, 1.165) is 12.1 Å². The van der Waals surface area contributed by atoms with Gasteiger partial charge in [0.25, 0.3) is 0 Å². The topological polar surface area (TPSA) is 20.2 Å². The number of alkyl halides is 4. The molecule has 6 heteroatoms. The van der Waals surface area contributed by atoms with E-state index in [2.05, 4.69) is 0 Å². The number of halogens is 5. The first-order valence-electron chi connectivity index (χ1n) is 3.97. The second-order valence-electron chi connectivity index (χ2n) is 2.87. The van der Waals surface area contributed by atoms with E-state index in [0.29, 0.717) is 0 Å². The molecule has 0 saturated heterocycles. The quantitative estimate of drug-likeness (QED) is 0.789. The largest absolute Gasteiger partial charge is 0.416 e. The van der Waals surface area contributed by atoms with Crippen molar-refractivity contribution in [3.63, 3.8) is 0 Å². The van der Waals surface area contributed by atoms with Crippen LogP contribution in [-0.2, 0) is 6.18 Å². The molecule has 15 heavy (non-hydrogen) atoms. The van der Waals surface area contributed by atoms with E-state index in [4.69, 9.17) is 16.7 Å². The van der Waals surface area contributed by atoms with Gasteiger partial charge in [-0.15, -0.1) is 0 Å². The molecule has 0 amide bonds. The molecule has 0 saturated carbocycles. The minimum Gasteiger partial charge on any atom is -0.386 e. The Kier molecular flexibility index (Phi) is 3.57. The minimum absolute atomic E-state index is 0.296. The predicted octanol–water partition coefficient (Wildman–Crippen LogP) is 3.36. The van der Waals surface area contributed by atoms with Gasteiger partial charge in [-0.05, 0) is 12.1 Å². The van der Waals surface area contributed by atoms with Gasteiger partial charge in [-0.2, -0.15) is 13.2 Å². The highest BCUT2D eigenvalue weighted by Crippen LogP contribution is 2.38. The van der Waals surface area contributed by atoms with E-state index in [-0.39, 0.29) is 5.02 Å². The lowest BCUT2D eigenvalue weighted by molar-refractivity contribution is -0.139. The van der Waals surface area contributed by atoms with Gasteiger partial charge in [-0.1, -0.05) is 17.7 Å². The van der Waals surface area contributed by atoms with Crippen LogP contribution in [0.3, 0.4) is 0 Å². The number of hydrogen-bond acceptors (Lipinski definition) is 1. The molecule has 1 aromatic rings. The Morgan fingerprint density at radius 1 is 1.33 bits per heavy atom. The van der Waals surface area contributed by atoms with Crippen molar-refractivity contribution >= 4 is 11.6 Å². The van der Waals surface area contributed by atoms with Gasteiger partial charge in [0, 0.05) is 10.6 Å². The van der Waals surface area contributed by atoms with Crippen molar-refractivity contribution in [2.24, 2.45) is 0 Å². The molecule has 1 atom stereocenters. The van der Waals surface area contributed by atoms with Crippen molar-refractivity contribution < 1.29 is 22.7 Å². The molecule has 1 N–H and O–H groups in total. The first-order chi connectivity index (χ1) is 6.88. The number of aliphatic hydroxyl groups is 1. The monoisotopic (exact) mass is 242 g/mol.